The molecule has 0 aromatic heterocycles. The number of aliphatic hydroxyl groups is 1. The topological polar surface area (TPSA) is 29.5 Å². The first-order valence-corrected chi connectivity index (χ1v) is 4.82. The lowest BCUT2D eigenvalue weighted by molar-refractivity contribution is 0.135. The van der Waals surface area contributed by atoms with Gasteiger partial charge in [0, 0.05) is 18.2 Å². The third-order valence-electron chi connectivity index (χ3n) is 1.44. The van der Waals surface area contributed by atoms with Crippen molar-refractivity contribution in [1.29, 1.82) is 0 Å². The molecule has 0 aliphatic rings. The second kappa shape index (κ2) is 8.30. The summed E-state index contributed by atoms with van der Waals surface area (Å²) >= 11 is 5.88. The van der Waals surface area contributed by atoms with Gasteiger partial charge in [-0.1, -0.05) is 31.2 Å². The standard InChI is InChI=1S/C10H17ClO2/c1-3-5-10(11)9(2)8-13-7-4-6-12/h5,12H,2-4,6-8H2,1H3/b10-5+. The number of halogens is 1. The van der Waals surface area contributed by atoms with E-state index in [2.05, 4.69) is 6.58 Å². The summed E-state index contributed by atoms with van der Waals surface area (Å²) in [5.74, 6) is 0. The minimum atomic E-state index is 0.158. The summed E-state index contributed by atoms with van der Waals surface area (Å²) in [6.45, 7) is 6.94. The SMILES string of the molecule is C=C(COCCCO)/C(Cl)=C\CC. The molecule has 13 heavy (non-hydrogen) atoms. The van der Waals surface area contributed by atoms with E-state index in [0.717, 1.165) is 12.0 Å². The van der Waals surface area contributed by atoms with Crippen molar-refractivity contribution in [3.8, 4) is 0 Å². The normalized spacial score (nSPS) is 11.8. The first-order chi connectivity index (χ1) is 6.22. The Morgan fingerprint density at radius 1 is 1.62 bits per heavy atom. The lowest BCUT2D eigenvalue weighted by Crippen LogP contribution is -2.01. The lowest BCUT2D eigenvalue weighted by Gasteiger charge is -2.05. The fraction of sp³-hybridized carbons (Fsp3) is 0.600. The van der Waals surface area contributed by atoms with Crippen molar-refractivity contribution >= 4 is 11.6 Å². The molecular weight excluding hydrogens is 188 g/mol. The predicted molar refractivity (Wildman–Crippen MR) is 55.9 cm³/mol. The molecule has 0 spiro atoms. The average Bonchev–Trinajstić information content (AvgIpc) is 2.12. The van der Waals surface area contributed by atoms with E-state index < -0.39 is 0 Å². The van der Waals surface area contributed by atoms with Crippen molar-refractivity contribution < 1.29 is 9.84 Å². The Kier molecular flexibility index (Phi) is 8.10. The number of hydrogen-bond donors (Lipinski definition) is 1. The van der Waals surface area contributed by atoms with Crippen LogP contribution in [0.2, 0.25) is 0 Å². The average molecular weight is 205 g/mol. The number of allylic oxidation sites excluding steroid dienone is 1. The molecule has 0 atom stereocenters. The van der Waals surface area contributed by atoms with Gasteiger partial charge in [0.15, 0.2) is 0 Å². The van der Waals surface area contributed by atoms with Crippen molar-refractivity contribution in [1.82, 2.24) is 0 Å². The summed E-state index contributed by atoms with van der Waals surface area (Å²) in [4.78, 5) is 0. The van der Waals surface area contributed by atoms with Crippen molar-refractivity contribution in [3.63, 3.8) is 0 Å². The molecular formula is C10H17ClO2. The van der Waals surface area contributed by atoms with Crippen LogP contribution in [0.1, 0.15) is 19.8 Å². The first-order valence-electron chi connectivity index (χ1n) is 4.44. The molecule has 0 aromatic carbocycles. The van der Waals surface area contributed by atoms with Crippen LogP contribution in [0.4, 0.5) is 0 Å². The van der Waals surface area contributed by atoms with E-state index in [1.54, 1.807) is 0 Å². The molecule has 0 rings (SSSR count). The molecule has 0 unspecified atom stereocenters. The highest BCUT2D eigenvalue weighted by Crippen LogP contribution is 2.13. The van der Waals surface area contributed by atoms with Crippen LogP contribution in [-0.4, -0.2) is 24.9 Å². The smallest absolute Gasteiger partial charge is 0.0725 e. The Hall–Kier alpha value is -0.310. The quantitative estimate of drug-likeness (QED) is 0.510. The van der Waals surface area contributed by atoms with Crippen LogP contribution in [0.15, 0.2) is 23.3 Å². The van der Waals surface area contributed by atoms with Gasteiger partial charge >= 0.3 is 0 Å². The summed E-state index contributed by atoms with van der Waals surface area (Å²) in [7, 11) is 0. The fourth-order valence-electron chi connectivity index (χ4n) is 0.754. The molecule has 1 N–H and O–H groups in total. The summed E-state index contributed by atoms with van der Waals surface area (Å²) in [6.07, 6.45) is 3.45. The van der Waals surface area contributed by atoms with E-state index >= 15 is 0 Å². The number of aliphatic hydroxyl groups excluding tert-OH is 1. The Labute approximate surface area is 84.9 Å². The van der Waals surface area contributed by atoms with Gasteiger partial charge < -0.3 is 9.84 Å². The van der Waals surface area contributed by atoms with Crippen LogP contribution in [0.3, 0.4) is 0 Å². The Balaban J connectivity index is 3.56. The van der Waals surface area contributed by atoms with Gasteiger partial charge in [0.25, 0.3) is 0 Å². The van der Waals surface area contributed by atoms with Crippen LogP contribution in [0.5, 0.6) is 0 Å². The van der Waals surface area contributed by atoms with E-state index in [4.69, 9.17) is 21.4 Å². The van der Waals surface area contributed by atoms with E-state index in [1.807, 2.05) is 13.0 Å². The summed E-state index contributed by atoms with van der Waals surface area (Å²) in [6, 6.07) is 0. The molecule has 3 heteroatoms. The van der Waals surface area contributed by atoms with Gasteiger partial charge in [-0.25, -0.2) is 0 Å². The van der Waals surface area contributed by atoms with Crippen LogP contribution in [0, 0.1) is 0 Å². The maximum Gasteiger partial charge on any atom is 0.0725 e. The van der Waals surface area contributed by atoms with Gasteiger partial charge in [-0.05, 0) is 18.4 Å². The number of hydrogen-bond acceptors (Lipinski definition) is 2. The van der Waals surface area contributed by atoms with Crippen molar-refractivity contribution in [2.75, 3.05) is 19.8 Å². The fourth-order valence-corrected chi connectivity index (χ4v) is 0.963. The van der Waals surface area contributed by atoms with E-state index in [9.17, 15) is 0 Å². The minimum absolute atomic E-state index is 0.158. The molecule has 0 fully saturated rings. The summed E-state index contributed by atoms with van der Waals surface area (Å²) < 4.78 is 5.22. The first kappa shape index (κ1) is 12.7. The maximum absolute atomic E-state index is 8.49. The molecule has 0 saturated heterocycles. The number of rotatable bonds is 7. The van der Waals surface area contributed by atoms with Crippen molar-refractivity contribution in [2.24, 2.45) is 0 Å². The van der Waals surface area contributed by atoms with Crippen molar-refractivity contribution in [2.45, 2.75) is 19.8 Å². The highest BCUT2D eigenvalue weighted by atomic mass is 35.5. The number of ether oxygens (including phenoxy) is 1. The molecule has 76 valence electrons. The summed E-state index contributed by atoms with van der Waals surface area (Å²) in [5, 5.41) is 9.16. The molecule has 0 aromatic rings. The Morgan fingerprint density at radius 3 is 2.85 bits per heavy atom. The zero-order valence-corrected chi connectivity index (χ0v) is 8.81. The summed E-state index contributed by atoms with van der Waals surface area (Å²) in [5.41, 5.74) is 0.793. The monoisotopic (exact) mass is 204 g/mol. The third kappa shape index (κ3) is 6.82. The van der Waals surface area contributed by atoms with E-state index in [-0.39, 0.29) is 6.61 Å². The Morgan fingerprint density at radius 2 is 2.31 bits per heavy atom. The zero-order chi connectivity index (χ0) is 10.1. The molecule has 0 amide bonds. The molecule has 0 saturated carbocycles. The second-order valence-electron chi connectivity index (χ2n) is 2.69. The highest BCUT2D eigenvalue weighted by Gasteiger charge is 1.98. The van der Waals surface area contributed by atoms with E-state index in [1.165, 1.54) is 0 Å². The maximum atomic E-state index is 8.49. The van der Waals surface area contributed by atoms with Gasteiger partial charge in [0.05, 0.1) is 6.61 Å². The molecule has 0 heterocycles. The molecule has 0 radical (unpaired) electrons. The van der Waals surface area contributed by atoms with Crippen LogP contribution in [-0.2, 0) is 4.74 Å². The van der Waals surface area contributed by atoms with Crippen LogP contribution >= 0.6 is 11.6 Å². The van der Waals surface area contributed by atoms with Gasteiger partial charge in [-0.15, -0.1) is 0 Å². The van der Waals surface area contributed by atoms with Gasteiger partial charge in [-0.3, -0.25) is 0 Å². The van der Waals surface area contributed by atoms with E-state index in [0.29, 0.717) is 24.7 Å². The van der Waals surface area contributed by atoms with Crippen LogP contribution < -0.4 is 0 Å². The molecule has 2 nitrogen and oxygen atoms in total. The van der Waals surface area contributed by atoms with Crippen LogP contribution in [0.25, 0.3) is 0 Å². The largest absolute Gasteiger partial charge is 0.396 e. The lowest BCUT2D eigenvalue weighted by atomic mass is 10.2. The minimum Gasteiger partial charge on any atom is -0.396 e. The highest BCUT2D eigenvalue weighted by molar-refractivity contribution is 6.31. The van der Waals surface area contributed by atoms with Gasteiger partial charge in [0.1, 0.15) is 0 Å². The molecule has 0 aliphatic heterocycles. The van der Waals surface area contributed by atoms with Gasteiger partial charge in [0.2, 0.25) is 0 Å². The second-order valence-corrected chi connectivity index (χ2v) is 3.10. The molecule has 0 aliphatic carbocycles. The Bertz CT molecular complexity index is 176. The van der Waals surface area contributed by atoms with Gasteiger partial charge in [-0.2, -0.15) is 0 Å². The third-order valence-corrected chi connectivity index (χ3v) is 1.87. The zero-order valence-electron chi connectivity index (χ0n) is 8.05. The molecule has 0 bridgehead atoms. The predicted octanol–water partition coefficient (Wildman–Crippen LogP) is 2.47. The van der Waals surface area contributed by atoms with Crippen molar-refractivity contribution in [3.05, 3.63) is 23.3 Å².